The molecule has 21 heavy (non-hydrogen) atoms. The Balaban J connectivity index is 2.16. The van der Waals surface area contributed by atoms with Gasteiger partial charge in [-0.3, -0.25) is 0 Å². The zero-order chi connectivity index (χ0) is 15.4. The highest BCUT2D eigenvalue weighted by atomic mass is 19.1. The summed E-state index contributed by atoms with van der Waals surface area (Å²) in [5, 5.41) is 13.4. The quantitative estimate of drug-likeness (QED) is 0.917. The second-order valence-electron chi connectivity index (χ2n) is 5.17. The van der Waals surface area contributed by atoms with Gasteiger partial charge in [-0.25, -0.2) is 9.07 Å². The van der Waals surface area contributed by atoms with Crippen molar-refractivity contribution < 1.29 is 9.13 Å². The third-order valence-corrected chi connectivity index (χ3v) is 2.90. The summed E-state index contributed by atoms with van der Waals surface area (Å²) in [5.41, 5.74) is 6.92. The molecule has 0 radical (unpaired) electrons. The van der Waals surface area contributed by atoms with Crippen molar-refractivity contribution in [1.82, 2.24) is 9.78 Å². The van der Waals surface area contributed by atoms with Crippen molar-refractivity contribution in [2.24, 2.45) is 5.92 Å². The van der Waals surface area contributed by atoms with Crippen LogP contribution in [0.25, 0.3) is 0 Å². The Kier molecular flexibility index (Phi) is 4.43. The third kappa shape index (κ3) is 3.51. The monoisotopic (exact) mass is 288 g/mol. The SMILES string of the molecule is CC(C)Cn1nc(OCc2ccc(F)cc2)c(C#N)c1N. The van der Waals surface area contributed by atoms with Crippen LogP contribution in [0.5, 0.6) is 5.88 Å². The summed E-state index contributed by atoms with van der Waals surface area (Å²) in [4.78, 5) is 0. The molecular formula is C15H17FN4O. The lowest BCUT2D eigenvalue weighted by Crippen LogP contribution is -2.09. The lowest BCUT2D eigenvalue weighted by Gasteiger charge is -2.06. The summed E-state index contributed by atoms with van der Waals surface area (Å²) < 4.78 is 19.9. The fourth-order valence-corrected chi connectivity index (χ4v) is 1.88. The molecule has 2 rings (SSSR count). The molecule has 0 amide bonds. The second-order valence-corrected chi connectivity index (χ2v) is 5.17. The van der Waals surface area contributed by atoms with Crippen molar-refractivity contribution in [3.63, 3.8) is 0 Å². The van der Waals surface area contributed by atoms with Crippen LogP contribution in [0.3, 0.4) is 0 Å². The first-order chi connectivity index (χ1) is 10.0. The summed E-state index contributed by atoms with van der Waals surface area (Å²) >= 11 is 0. The van der Waals surface area contributed by atoms with E-state index in [0.29, 0.717) is 18.3 Å². The molecule has 0 unspecified atom stereocenters. The molecular weight excluding hydrogens is 271 g/mol. The first-order valence-electron chi connectivity index (χ1n) is 6.65. The minimum atomic E-state index is -0.304. The van der Waals surface area contributed by atoms with E-state index in [0.717, 1.165) is 5.56 Å². The van der Waals surface area contributed by atoms with E-state index in [2.05, 4.69) is 5.10 Å². The topological polar surface area (TPSA) is 76.9 Å². The van der Waals surface area contributed by atoms with E-state index in [9.17, 15) is 4.39 Å². The van der Waals surface area contributed by atoms with Gasteiger partial charge in [0, 0.05) is 6.54 Å². The number of nitrogen functional groups attached to an aromatic ring is 1. The van der Waals surface area contributed by atoms with Crippen LogP contribution in [0, 0.1) is 23.1 Å². The Morgan fingerprint density at radius 2 is 2.05 bits per heavy atom. The Hall–Kier alpha value is -2.55. The van der Waals surface area contributed by atoms with Gasteiger partial charge in [0.25, 0.3) is 5.88 Å². The fraction of sp³-hybridized carbons (Fsp3) is 0.333. The van der Waals surface area contributed by atoms with Crippen LogP contribution >= 0.6 is 0 Å². The van der Waals surface area contributed by atoms with E-state index < -0.39 is 0 Å². The normalized spacial score (nSPS) is 10.6. The maximum Gasteiger partial charge on any atom is 0.253 e. The summed E-state index contributed by atoms with van der Waals surface area (Å²) in [5.74, 6) is 0.561. The predicted octanol–water partition coefficient (Wildman–Crippen LogP) is 2.71. The van der Waals surface area contributed by atoms with Gasteiger partial charge >= 0.3 is 0 Å². The van der Waals surface area contributed by atoms with Crippen LogP contribution in [0.2, 0.25) is 0 Å². The van der Waals surface area contributed by atoms with Crippen LogP contribution in [0.4, 0.5) is 10.2 Å². The van der Waals surface area contributed by atoms with E-state index in [1.54, 1.807) is 16.8 Å². The highest BCUT2D eigenvalue weighted by molar-refractivity contribution is 5.55. The van der Waals surface area contributed by atoms with Gasteiger partial charge in [0.05, 0.1) is 0 Å². The Labute approximate surface area is 122 Å². The standard InChI is InChI=1S/C15H17FN4O/c1-10(2)8-20-14(18)13(7-17)15(19-20)21-9-11-3-5-12(16)6-4-11/h3-6,10H,8-9,18H2,1-2H3. The molecule has 0 atom stereocenters. The van der Waals surface area contributed by atoms with Gasteiger partial charge in [-0.15, -0.1) is 5.10 Å². The molecule has 1 heterocycles. The average molecular weight is 288 g/mol. The maximum atomic E-state index is 12.8. The summed E-state index contributed by atoms with van der Waals surface area (Å²) in [6.07, 6.45) is 0. The van der Waals surface area contributed by atoms with E-state index >= 15 is 0 Å². The smallest absolute Gasteiger partial charge is 0.253 e. The van der Waals surface area contributed by atoms with Crippen LogP contribution in [0.1, 0.15) is 25.0 Å². The Morgan fingerprint density at radius 1 is 1.38 bits per heavy atom. The average Bonchev–Trinajstić information content (AvgIpc) is 2.73. The van der Waals surface area contributed by atoms with Crippen molar-refractivity contribution in [2.45, 2.75) is 27.0 Å². The van der Waals surface area contributed by atoms with Crippen molar-refractivity contribution in [2.75, 3.05) is 5.73 Å². The molecule has 2 aromatic rings. The molecule has 0 fully saturated rings. The van der Waals surface area contributed by atoms with Gasteiger partial charge in [0.2, 0.25) is 0 Å². The molecule has 5 nitrogen and oxygen atoms in total. The minimum absolute atomic E-state index is 0.201. The van der Waals surface area contributed by atoms with Crippen LogP contribution in [-0.4, -0.2) is 9.78 Å². The molecule has 6 heteroatoms. The maximum absolute atomic E-state index is 12.8. The first-order valence-corrected chi connectivity index (χ1v) is 6.65. The molecule has 1 aromatic carbocycles. The van der Waals surface area contributed by atoms with E-state index in [-0.39, 0.29) is 23.9 Å². The number of nitriles is 1. The predicted molar refractivity (Wildman–Crippen MR) is 76.9 cm³/mol. The zero-order valence-electron chi connectivity index (χ0n) is 12.0. The molecule has 0 aliphatic heterocycles. The highest BCUT2D eigenvalue weighted by Crippen LogP contribution is 2.24. The van der Waals surface area contributed by atoms with E-state index in [1.165, 1.54) is 12.1 Å². The number of halogens is 1. The molecule has 0 aliphatic carbocycles. The molecule has 110 valence electrons. The Bertz CT molecular complexity index is 656. The van der Waals surface area contributed by atoms with Gasteiger partial charge < -0.3 is 10.5 Å². The number of hydrogen-bond acceptors (Lipinski definition) is 4. The van der Waals surface area contributed by atoms with Crippen molar-refractivity contribution in [3.8, 4) is 11.9 Å². The Morgan fingerprint density at radius 3 is 2.62 bits per heavy atom. The number of rotatable bonds is 5. The van der Waals surface area contributed by atoms with Gasteiger partial charge in [-0.2, -0.15) is 5.26 Å². The summed E-state index contributed by atoms with van der Waals surface area (Å²) in [6.45, 7) is 4.88. The van der Waals surface area contributed by atoms with E-state index in [4.69, 9.17) is 15.7 Å². The summed E-state index contributed by atoms with van der Waals surface area (Å²) in [7, 11) is 0. The van der Waals surface area contributed by atoms with Gasteiger partial charge in [0.15, 0.2) is 5.56 Å². The third-order valence-electron chi connectivity index (χ3n) is 2.90. The molecule has 0 saturated heterocycles. The fourth-order valence-electron chi connectivity index (χ4n) is 1.88. The number of nitrogens with zero attached hydrogens (tertiary/aromatic N) is 3. The van der Waals surface area contributed by atoms with E-state index in [1.807, 2.05) is 19.9 Å². The number of anilines is 1. The van der Waals surface area contributed by atoms with Crippen molar-refractivity contribution in [1.29, 1.82) is 5.26 Å². The molecule has 0 saturated carbocycles. The van der Waals surface area contributed by atoms with Crippen LogP contribution < -0.4 is 10.5 Å². The molecule has 0 aliphatic rings. The largest absolute Gasteiger partial charge is 0.471 e. The van der Waals surface area contributed by atoms with Crippen LogP contribution in [-0.2, 0) is 13.2 Å². The number of aromatic nitrogens is 2. The lowest BCUT2D eigenvalue weighted by molar-refractivity contribution is 0.287. The van der Waals surface area contributed by atoms with Crippen molar-refractivity contribution >= 4 is 5.82 Å². The van der Waals surface area contributed by atoms with Crippen molar-refractivity contribution in [3.05, 3.63) is 41.2 Å². The molecule has 2 N–H and O–H groups in total. The second kappa shape index (κ2) is 6.27. The number of hydrogen-bond donors (Lipinski definition) is 1. The van der Waals surface area contributed by atoms with Gasteiger partial charge in [-0.1, -0.05) is 26.0 Å². The van der Waals surface area contributed by atoms with Gasteiger partial charge in [0.1, 0.15) is 24.3 Å². The zero-order valence-corrected chi connectivity index (χ0v) is 12.0. The highest BCUT2D eigenvalue weighted by Gasteiger charge is 2.17. The number of ether oxygens (including phenoxy) is 1. The minimum Gasteiger partial charge on any atom is -0.471 e. The molecule has 1 aromatic heterocycles. The molecule has 0 bridgehead atoms. The molecule has 0 spiro atoms. The number of benzene rings is 1. The van der Waals surface area contributed by atoms with Gasteiger partial charge in [-0.05, 0) is 23.6 Å². The summed E-state index contributed by atoms with van der Waals surface area (Å²) in [6, 6.07) is 7.96. The lowest BCUT2D eigenvalue weighted by atomic mass is 10.2. The van der Waals surface area contributed by atoms with Crippen LogP contribution in [0.15, 0.2) is 24.3 Å². The number of nitrogens with two attached hydrogens (primary N) is 1. The first kappa shape index (κ1) is 14.9.